The van der Waals surface area contributed by atoms with E-state index in [1.807, 2.05) is 53.6 Å². The molecule has 4 rings (SSSR count). The lowest BCUT2D eigenvalue weighted by atomic mass is 10.00. The second-order valence-corrected chi connectivity index (χ2v) is 10.8. The number of hydrogen-bond acceptors (Lipinski definition) is 5. The Morgan fingerprint density at radius 3 is 2.61 bits per heavy atom. The summed E-state index contributed by atoms with van der Waals surface area (Å²) >= 11 is 3.15. The normalized spacial score (nSPS) is 15.4. The fraction of sp³-hybridized carbons (Fsp3) is 0.385. The van der Waals surface area contributed by atoms with Gasteiger partial charge in [-0.15, -0.1) is 22.7 Å². The van der Waals surface area contributed by atoms with Crippen LogP contribution < -0.4 is 4.74 Å². The van der Waals surface area contributed by atoms with Gasteiger partial charge >= 0.3 is 0 Å². The SMILES string of the molecule is Cc1ccc(OCC2c3ccsc3CCN2C(=O)CN(CC(C)C)C(=O)c2cccs2)cc1. The number of carbonyl (C=O) groups is 2. The van der Waals surface area contributed by atoms with Crippen molar-refractivity contribution in [2.24, 2.45) is 5.92 Å². The predicted molar refractivity (Wildman–Crippen MR) is 134 cm³/mol. The topological polar surface area (TPSA) is 49.9 Å². The second-order valence-electron chi connectivity index (χ2n) is 8.83. The molecule has 0 saturated heterocycles. The third kappa shape index (κ3) is 5.65. The molecule has 0 spiro atoms. The molecule has 3 aromatic rings. The average molecular weight is 483 g/mol. The highest BCUT2D eigenvalue weighted by atomic mass is 32.1. The molecule has 0 fully saturated rings. The summed E-state index contributed by atoms with van der Waals surface area (Å²) < 4.78 is 6.11. The van der Waals surface area contributed by atoms with Crippen molar-refractivity contribution < 1.29 is 14.3 Å². The Morgan fingerprint density at radius 1 is 1.12 bits per heavy atom. The first-order chi connectivity index (χ1) is 15.9. The molecule has 2 aromatic heterocycles. The summed E-state index contributed by atoms with van der Waals surface area (Å²) in [5.74, 6) is 0.958. The van der Waals surface area contributed by atoms with E-state index in [1.54, 1.807) is 16.2 Å². The van der Waals surface area contributed by atoms with Crippen LogP contribution >= 0.6 is 22.7 Å². The quantitative estimate of drug-likeness (QED) is 0.431. The van der Waals surface area contributed by atoms with Gasteiger partial charge in [0.1, 0.15) is 18.9 Å². The summed E-state index contributed by atoms with van der Waals surface area (Å²) in [6, 6.07) is 13.6. The minimum Gasteiger partial charge on any atom is -0.491 e. The van der Waals surface area contributed by atoms with Gasteiger partial charge in [0.05, 0.1) is 10.9 Å². The third-order valence-electron chi connectivity index (χ3n) is 5.77. The fourth-order valence-electron chi connectivity index (χ4n) is 4.15. The first kappa shape index (κ1) is 23.5. The summed E-state index contributed by atoms with van der Waals surface area (Å²) in [6.07, 6.45) is 0.836. The smallest absolute Gasteiger partial charge is 0.264 e. The predicted octanol–water partition coefficient (Wildman–Crippen LogP) is 5.42. The molecule has 3 heterocycles. The molecule has 1 aliphatic heterocycles. The summed E-state index contributed by atoms with van der Waals surface area (Å²) in [5.41, 5.74) is 2.34. The highest BCUT2D eigenvalue weighted by Crippen LogP contribution is 2.34. The summed E-state index contributed by atoms with van der Waals surface area (Å²) in [6.45, 7) is 7.83. The Bertz CT molecular complexity index is 1070. The Kier molecular flexibility index (Phi) is 7.50. The molecular formula is C26H30N2O3S2. The maximum atomic E-state index is 13.5. The molecule has 0 N–H and O–H groups in total. The highest BCUT2D eigenvalue weighted by molar-refractivity contribution is 7.12. The average Bonchev–Trinajstić information content (AvgIpc) is 3.49. The van der Waals surface area contributed by atoms with E-state index >= 15 is 0 Å². The maximum absolute atomic E-state index is 13.5. The van der Waals surface area contributed by atoms with Gasteiger partial charge in [-0.3, -0.25) is 9.59 Å². The molecule has 0 radical (unpaired) electrons. The molecule has 7 heteroatoms. The van der Waals surface area contributed by atoms with Gasteiger partial charge in [-0.1, -0.05) is 37.6 Å². The number of thiophene rings is 2. The van der Waals surface area contributed by atoms with E-state index in [0.29, 0.717) is 24.6 Å². The Morgan fingerprint density at radius 2 is 1.91 bits per heavy atom. The van der Waals surface area contributed by atoms with Crippen LogP contribution in [0.4, 0.5) is 0 Å². The van der Waals surface area contributed by atoms with Crippen LogP contribution in [0.2, 0.25) is 0 Å². The first-order valence-corrected chi connectivity index (χ1v) is 13.1. The lowest BCUT2D eigenvalue weighted by Crippen LogP contribution is -2.48. The van der Waals surface area contributed by atoms with Crippen LogP contribution in [0.15, 0.2) is 53.2 Å². The molecule has 0 saturated carbocycles. The molecule has 1 aromatic carbocycles. The van der Waals surface area contributed by atoms with Gasteiger partial charge in [-0.25, -0.2) is 0 Å². The Labute approximate surface area is 203 Å². The van der Waals surface area contributed by atoms with E-state index in [2.05, 4.69) is 25.3 Å². The van der Waals surface area contributed by atoms with Crippen molar-refractivity contribution in [2.75, 3.05) is 26.2 Å². The molecule has 1 atom stereocenters. The largest absolute Gasteiger partial charge is 0.491 e. The summed E-state index contributed by atoms with van der Waals surface area (Å²) in [4.78, 5) is 32.2. The molecular weight excluding hydrogens is 452 g/mol. The number of rotatable bonds is 8. The lowest BCUT2D eigenvalue weighted by Gasteiger charge is -2.37. The van der Waals surface area contributed by atoms with Crippen molar-refractivity contribution in [2.45, 2.75) is 33.2 Å². The number of fused-ring (bicyclic) bond motifs is 1. The van der Waals surface area contributed by atoms with Crippen molar-refractivity contribution in [3.8, 4) is 5.75 Å². The molecule has 1 aliphatic rings. The van der Waals surface area contributed by atoms with Crippen LogP contribution in [-0.4, -0.2) is 47.9 Å². The van der Waals surface area contributed by atoms with Gasteiger partial charge < -0.3 is 14.5 Å². The number of ether oxygens (including phenoxy) is 1. The number of aryl methyl sites for hydroxylation is 1. The van der Waals surface area contributed by atoms with Crippen LogP contribution in [0.1, 0.15) is 45.6 Å². The number of benzene rings is 1. The van der Waals surface area contributed by atoms with E-state index < -0.39 is 0 Å². The van der Waals surface area contributed by atoms with Crippen LogP contribution in [0.5, 0.6) is 5.75 Å². The van der Waals surface area contributed by atoms with Gasteiger partial charge in [0.25, 0.3) is 5.91 Å². The van der Waals surface area contributed by atoms with Crippen molar-refractivity contribution in [3.63, 3.8) is 0 Å². The van der Waals surface area contributed by atoms with Gasteiger partial charge in [0, 0.05) is 18.0 Å². The van der Waals surface area contributed by atoms with Crippen LogP contribution in [-0.2, 0) is 11.2 Å². The molecule has 1 unspecified atom stereocenters. The number of nitrogens with zero attached hydrogens (tertiary/aromatic N) is 2. The molecule has 5 nitrogen and oxygen atoms in total. The van der Waals surface area contributed by atoms with E-state index in [9.17, 15) is 9.59 Å². The zero-order valence-corrected chi connectivity index (χ0v) is 21.0. The molecule has 0 aliphatic carbocycles. The Hall–Kier alpha value is -2.64. The minimum absolute atomic E-state index is 0.0325. The lowest BCUT2D eigenvalue weighted by molar-refractivity contribution is -0.135. The van der Waals surface area contributed by atoms with Crippen molar-refractivity contribution in [3.05, 3.63) is 74.1 Å². The zero-order chi connectivity index (χ0) is 23.4. The van der Waals surface area contributed by atoms with E-state index in [1.165, 1.54) is 21.8 Å². The summed E-state index contributed by atoms with van der Waals surface area (Å²) in [7, 11) is 0. The van der Waals surface area contributed by atoms with Gasteiger partial charge in [0.15, 0.2) is 0 Å². The third-order valence-corrected chi connectivity index (χ3v) is 7.63. The minimum atomic E-state index is -0.161. The van der Waals surface area contributed by atoms with Gasteiger partial charge in [-0.05, 0) is 59.9 Å². The van der Waals surface area contributed by atoms with E-state index in [0.717, 1.165) is 17.7 Å². The standard InChI is InChI=1S/C26H30N2O3S2/c1-18(2)15-27(26(30)24-5-4-13-32-24)16-25(29)28-12-10-23-21(11-14-33-23)22(28)17-31-20-8-6-19(3)7-9-20/h4-9,11,13-14,18,22H,10,12,15-17H2,1-3H3. The molecule has 0 bridgehead atoms. The maximum Gasteiger partial charge on any atom is 0.264 e. The van der Waals surface area contributed by atoms with Gasteiger partial charge in [0.2, 0.25) is 5.91 Å². The van der Waals surface area contributed by atoms with Crippen molar-refractivity contribution >= 4 is 34.5 Å². The monoisotopic (exact) mass is 482 g/mol. The molecule has 33 heavy (non-hydrogen) atoms. The van der Waals surface area contributed by atoms with Crippen LogP contribution in [0, 0.1) is 12.8 Å². The van der Waals surface area contributed by atoms with Crippen molar-refractivity contribution in [1.82, 2.24) is 9.80 Å². The molecule has 174 valence electrons. The zero-order valence-electron chi connectivity index (χ0n) is 19.3. The van der Waals surface area contributed by atoms with E-state index in [-0.39, 0.29) is 30.3 Å². The van der Waals surface area contributed by atoms with Crippen LogP contribution in [0.3, 0.4) is 0 Å². The summed E-state index contributed by atoms with van der Waals surface area (Å²) in [5, 5.41) is 3.98. The van der Waals surface area contributed by atoms with Gasteiger partial charge in [-0.2, -0.15) is 0 Å². The van der Waals surface area contributed by atoms with Crippen molar-refractivity contribution in [1.29, 1.82) is 0 Å². The second kappa shape index (κ2) is 10.5. The highest BCUT2D eigenvalue weighted by Gasteiger charge is 2.33. The first-order valence-electron chi connectivity index (χ1n) is 11.3. The fourth-order valence-corrected chi connectivity index (χ4v) is 5.77. The Balaban J connectivity index is 1.52. The number of amides is 2. The van der Waals surface area contributed by atoms with Crippen LogP contribution in [0.25, 0.3) is 0 Å². The number of carbonyl (C=O) groups excluding carboxylic acids is 2. The van der Waals surface area contributed by atoms with E-state index in [4.69, 9.17) is 4.74 Å². The number of hydrogen-bond donors (Lipinski definition) is 0. The molecule has 2 amide bonds.